The molecule has 0 aliphatic carbocycles. The van der Waals surface area contributed by atoms with E-state index in [0.29, 0.717) is 6.54 Å². The van der Waals surface area contributed by atoms with Crippen molar-refractivity contribution >= 4 is 27.0 Å². The van der Waals surface area contributed by atoms with E-state index in [2.05, 4.69) is 26.2 Å². The third-order valence-electron chi connectivity index (χ3n) is 2.19. The molecule has 2 N–H and O–H groups in total. The Morgan fingerprint density at radius 3 is 3.07 bits per heavy atom. The van der Waals surface area contributed by atoms with E-state index < -0.39 is 0 Å². The summed E-state index contributed by atoms with van der Waals surface area (Å²) in [6.45, 7) is 2.58. The fourth-order valence-corrected chi connectivity index (χ4v) is 1.68. The van der Waals surface area contributed by atoms with Crippen molar-refractivity contribution in [2.75, 3.05) is 6.54 Å². The summed E-state index contributed by atoms with van der Waals surface area (Å²) in [6.07, 6.45) is 0. The lowest BCUT2D eigenvalue weighted by atomic mass is 10.3. The van der Waals surface area contributed by atoms with Crippen molar-refractivity contribution in [3.05, 3.63) is 22.7 Å². The maximum Gasteiger partial charge on any atom is 0.113 e. The van der Waals surface area contributed by atoms with E-state index >= 15 is 0 Å². The van der Waals surface area contributed by atoms with Gasteiger partial charge in [0.05, 0.1) is 11.6 Å². The van der Waals surface area contributed by atoms with Crippen LogP contribution in [0.15, 0.2) is 22.7 Å². The maximum absolute atomic E-state index is 5.59. The maximum atomic E-state index is 5.59. The summed E-state index contributed by atoms with van der Waals surface area (Å²) in [7, 11) is 0. The van der Waals surface area contributed by atoms with Crippen molar-refractivity contribution in [3.63, 3.8) is 0 Å². The Bertz CT molecular complexity index is 451. The molecule has 1 aromatic carbocycles. The second-order valence-corrected chi connectivity index (χ2v) is 4.17. The van der Waals surface area contributed by atoms with Crippen LogP contribution in [0.2, 0.25) is 0 Å². The van der Waals surface area contributed by atoms with Crippen molar-refractivity contribution in [2.45, 2.75) is 13.0 Å². The van der Waals surface area contributed by atoms with Gasteiger partial charge in [0.25, 0.3) is 0 Å². The number of fused-ring (bicyclic) bond motifs is 1. The molecule has 2 rings (SSSR count). The standard InChI is InChI=1S/C9H11BrN4/c1-6(5-11)14-9-4-7(10)2-3-8(9)12-13-14/h2-4,6H,5,11H2,1H3. The van der Waals surface area contributed by atoms with Crippen LogP contribution in [-0.2, 0) is 0 Å². The Morgan fingerprint density at radius 1 is 1.57 bits per heavy atom. The van der Waals surface area contributed by atoms with Crippen LogP contribution in [-0.4, -0.2) is 21.5 Å². The average molecular weight is 255 g/mol. The number of hydrogen-bond donors (Lipinski definition) is 1. The van der Waals surface area contributed by atoms with Gasteiger partial charge in [-0.1, -0.05) is 21.1 Å². The molecule has 0 saturated carbocycles. The van der Waals surface area contributed by atoms with Gasteiger partial charge in [0.1, 0.15) is 5.52 Å². The fourth-order valence-electron chi connectivity index (χ4n) is 1.33. The molecule has 0 spiro atoms. The minimum Gasteiger partial charge on any atom is -0.328 e. The molecule has 0 aliphatic rings. The van der Waals surface area contributed by atoms with Gasteiger partial charge in [-0.3, -0.25) is 0 Å². The number of nitrogens with two attached hydrogens (primary N) is 1. The summed E-state index contributed by atoms with van der Waals surface area (Å²) < 4.78 is 2.87. The quantitative estimate of drug-likeness (QED) is 0.888. The van der Waals surface area contributed by atoms with Gasteiger partial charge in [-0.05, 0) is 25.1 Å². The number of hydrogen-bond acceptors (Lipinski definition) is 3. The second kappa shape index (κ2) is 3.67. The lowest BCUT2D eigenvalue weighted by molar-refractivity contribution is 0.500. The van der Waals surface area contributed by atoms with Crippen LogP contribution < -0.4 is 5.73 Å². The SMILES string of the molecule is CC(CN)n1nnc2ccc(Br)cc21. The molecule has 4 nitrogen and oxygen atoms in total. The topological polar surface area (TPSA) is 56.7 Å². The molecule has 0 aliphatic heterocycles. The van der Waals surface area contributed by atoms with E-state index in [4.69, 9.17) is 5.73 Å². The lowest BCUT2D eigenvalue weighted by Crippen LogP contribution is -2.17. The number of rotatable bonds is 2. The summed E-state index contributed by atoms with van der Waals surface area (Å²) in [5.41, 5.74) is 7.50. The van der Waals surface area contributed by atoms with Gasteiger partial charge < -0.3 is 5.73 Å². The molecule has 1 unspecified atom stereocenters. The monoisotopic (exact) mass is 254 g/mol. The molecule has 0 amide bonds. The van der Waals surface area contributed by atoms with Crippen LogP contribution >= 0.6 is 15.9 Å². The molecule has 74 valence electrons. The number of nitrogens with zero attached hydrogens (tertiary/aromatic N) is 3. The highest BCUT2D eigenvalue weighted by atomic mass is 79.9. The van der Waals surface area contributed by atoms with Crippen molar-refractivity contribution in [1.82, 2.24) is 15.0 Å². The minimum atomic E-state index is 0.175. The predicted octanol–water partition coefficient (Wildman–Crippen LogP) is 1.71. The summed E-state index contributed by atoms with van der Waals surface area (Å²) in [6, 6.07) is 6.07. The largest absolute Gasteiger partial charge is 0.328 e. The van der Waals surface area contributed by atoms with Crippen molar-refractivity contribution in [3.8, 4) is 0 Å². The zero-order chi connectivity index (χ0) is 10.1. The molecule has 1 atom stereocenters. The molecule has 0 saturated heterocycles. The molecule has 0 bridgehead atoms. The second-order valence-electron chi connectivity index (χ2n) is 3.25. The van der Waals surface area contributed by atoms with Crippen LogP contribution in [0.1, 0.15) is 13.0 Å². The van der Waals surface area contributed by atoms with Crippen LogP contribution in [0.25, 0.3) is 11.0 Å². The third-order valence-corrected chi connectivity index (χ3v) is 2.68. The molecule has 2 aromatic rings. The summed E-state index contributed by atoms with van der Waals surface area (Å²) in [4.78, 5) is 0. The average Bonchev–Trinajstić information content (AvgIpc) is 2.59. The number of halogens is 1. The first-order chi connectivity index (χ1) is 6.72. The lowest BCUT2D eigenvalue weighted by Gasteiger charge is -2.08. The van der Waals surface area contributed by atoms with Gasteiger partial charge in [-0.25, -0.2) is 4.68 Å². The van der Waals surface area contributed by atoms with Gasteiger partial charge in [0.15, 0.2) is 0 Å². The summed E-state index contributed by atoms with van der Waals surface area (Å²) in [5.74, 6) is 0. The summed E-state index contributed by atoms with van der Waals surface area (Å²) >= 11 is 3.42. The van der Waals surface area contributed by atoms with Crippen molar-refractivity contribution < 1.29 is 0 Å². The molecular weight excluding hydrogens is 244 g/mol. The van der Waals surface area contributed by atoms with E-state index in [1.807, 2.05) is 29.8 Å². The molecule has 1 aromatic heterocycles. The van der Waals surface area contributed by atoms with E-state index in [1.165, 1.54) is 0 Å². The van der Waals surface area contributed by atoms with Crippen LogP contribution in [0, 0.1) is 0 Å². The highest BCUT2D eigenvalue weighted by Crippen LogP contribution is 2.19. The molecular formula is C9H11BrN4. The van der Waals surface area contributed by atoms with Crippen LogP contribution in [0.3, 0.4) is 0 Å². The minimum absolute atomic E-state index is 0.175. The normalized spacial score (nSPS) is 13.4. The number of aromatic nitrogens is 3. The zero-order valence-corrected chi connectivity index (χ0v) is 9.40. The van der Waals surface area contributed by atoms with Gasteiger partial charge in [-0.15, -0.1) is 5.10 Å². The van der Waals surface area contributed by atoms with E-state index in [9.17, 15) is 0 Å². The Balaban J connectivity index is 2.61. The van der Waals surface area contributed by atoms with Crippen LogP contribution in [0.4, 0.5) is 0 Å². The first-order valence-electron chi connectivity index (χ1n) is 4.43. The first kappa shape index (κ1) is 9.61. The number of benzene rings is 1. The van der Waals surface area contributed by atoms with Crippen molar-refractivity contribution in [1.29, 1.82) is 0 Å². The molecule has 1 heterocycles. The predicted molar refractivity (Wildman–Crippen MR) is 59.0 cm³/mol. The Hall–Kier alpha value is -0.940. The van der Waals surface area contributed by atoms with Crippen LogP contribution in [0.5, 0.6) is 0 Å². The van der Waals surface area contributed by atoms with Gasteiger partial charge in [-0.2, -0.15) is 0 Å². The summed E-state index contributed by atoms with van der Waals surface area (Å²) in [5, 5.41) is 8.14. The molecule has 5 heteroatoms. The molecule has 0 radical (unpaired) electrons. The van der Waals surface area contributed by atoms with Gasteiger partial charge in [0, 0.05) is 11.0 Å². The highest BCUT2D eigenvalue weighted by Gasteiger charge is 2.09. The molecule has 0 fully saturated rings. The van der Waals surface area contributed by atoms with Crippen molar-refractivity contribution in [2.24, 2.45) is 5.73 Å². The Kier molecular flexibility index (Phi) is 2.52. The fraction of sp³-hybridized carbons (Fsp3) is 0.333. The zero-order valence-electron chi connectivity index (χ0n) is 7.81. The Morgan fingerprint density at radius 2 is 2.36 bits per heavy atom. The van der Waals surface area contributed by atoms with E-state index in [0.717, 1.165) is 15.5 Å². The third kappa shape index (κ3) is 1.53. The van der Waals surface area contributed by atoms with Gasteiger partial charge >= 0.3 is 0 Å². The molecule has 14 heavy (non-hydrogen) atoms. The highest BCUT2D eigenvalue weighted by molar-refractivity contribution is 9.10. The first-order valence-corrected chi connectivity index (χ1v) is 5.22. The van der Waals surface area contributed by atoms with E-state index in [-0.39, 0.29) is 6.04 Å². The van der Waals surface area contributed by atoms with E-state index in [1.54, 1.807) is 0 Å². The van der Waals surface area contributed by atoms with Gasteiger partial charge in [0.2, 0.25) is 0 Å². The smallest absolute Gasteiger partial charge is 0.113 e. The Labute approximate surface area is 90.2 Å².